The van der Waals surface area contributed by atoms with Gasteiger partial charge in [0.25, 0.3) is 5.69 Å². The maximum absolute atomic E-state index is 10.6. The van der Waals surface area contributed by atoms with Crippen LogP contribution in [0.4, 0.5) is 5.69 Å². The summed E-state index contributed by atoms with van der Waals surface area (Å²) in [6, 6.07) is 7.26. The average Bonchev–Trinajstić information content (AvgIpc) is 2.05. The first kappa shape index (κ1) is 7.72. The van der Waals surface area contributed by atoms with Gasteiger partial charge in [0, 0.05) is 12.1 Å². The highest BCUT2D eigenvalue weighted by molar-refractivity contribution is 5.33. The molecule has 0 aliphatic carbocycles. The van der Waals surface area contributed by atoms with Crippen molar-refractivity contribution in [2.45, 2.75) is 13.3 Å². The Labute approximate surface area is 65.4 Å². The van der Waals surface area contributed by atoms with Crippen LogP contribution in [0.1, 0.15) is 12.5 Å². The third kappa shape index (κ3) is 1.77. The molecule has 11 heavy (non-hydrogen) atoms. The minimum Gasteiger partial charge on any atom is -0.159 e. The molecule has 0 saturated carbocycles. The molecule has 1 aromatic rings. The van der Waals surface area contributed by atoms with Crippen molar-refractivity contribution in [2.75, 3.05) is 0 Å². The van der Waals surface area contributed by atoms with E-state index in [2.05, 4.69) is 0 Å². The monoisotopic (exact) mass is 151 g/mol. The number of nitrogens with zero attached hydrogens (tertiary/aromatic N) is 1. The van der Waals surface area contributed by atoms with Gasteiger partial charge in [0.2, 0.25) is 0 Å². The zero-order valence-corrected chi connectivity index (χ0v) is 6.45. The number of hydrogen-bond acceptors (Lipinski definition) is 1. The summed E-state index contributed by atoms with van der Waals surface area (Å²) >= 11 is 0. The second kappa shape index (κ2) is 3.14. The largest absolute Gasteiger partial charge is 0.291 e. The van der Waals surface area contributed by atoms with Crippen molar-refractivity contribution in [3.05, 3.63) is 34.7 Å². The SMILES string of the molecule is CCc1cccc([N+](N)=O)c1. The Hall–Kier alpha value is -1.38. The van der Waals surface area contributed by atoms with Gasteiger partial charge in [-0.15, -0.1) is 0 Å². The van der Waals surface area contributed by atoms with Gasteiger partial charge < -0.3 is 0 Å². The van der Waals surface area contributed by atoms with Crippen molar-refractivity contribution in [3.8, 4) is 0 Å². The van der Waals surface area contributed by atoms with Gasteiger partial charge in [0.15, 0.2) is 4.87 Å². The Bertz CT molecular complexity index is 271. The molecule has 1 rings (SSSR count). The van der Waals surface area contributed by atoms with E-state index in [4.69, 9.17) is 5.84 Å². The molecule has 0 saturated heterocycles. The molecule has 1 aromatic carbocycles. The van der Waals surface area contributed by atoms with E-state index in [9.17, 15) is 4.91 Å². The molecule has 0 bridgehead atoms. The minimum absolute atomic E-state index is 0.374. The fourth-order valence-electron chi connectivity index (χ4n) is 0.913. The summed E-state index contributed by atoms with van der Waals surface area (Å²) in [6.45, 7) is 2.03. The van der Waals surface area contributed by atoms with Crippen LogP contribution in [0.2, 0.25) is 0 Å². The lowest BCUT2D eigenvalue weighted by molar-refractivity contribution is -0.474. The first-order valence-electron chi connectivity index (χ1n) is 3.55. The van der Waals surface area contributed by atoms with Gasteiger partial charge in [0.05, 0.1) is 4.91 Å². The van der Waals surface area contributed by atoms with Crippen LogP contribution in [-0.2, 0) is 6.42 Å². The number of nitroso groups, excluding NO2 is 1. The number of hydrogen-bond donors (Lipinski definition) is 1. The molecule has 2 N–H and O–H groups in total. The predicted molar refractivity (Wildman–Crippen MR) is 43.3 cm³/mol. The van der Waals surface area contributed by atoms with Crippen LogP contribution in [0.3, 0.4) is 0 Å². The van der Waals surface area contributed by atoms with Gasteiger partial charge in [-0.3, -0.25) is 0 Å². The summed E-state index contributed by atoms with van der Waals surface area (Å²) in [7, 11) is 0. The number of hydrazine groups is 1. The molecule has 0 atom stereocenters. The van der Waals surface area contributed by atoms with Crippen LogP contribution in [0.25, 0.3) is 0 Å². The Morgan fingerprint density at radius 1 is 1.55 bits per heavy atom. The molecule has 58 valence electrons. The molecule has 0 spiro atoms. The van der Waals surface area contributed by atoms with Gasteiger partial charge in [0.1, 0.15) is 0 Å². The summed E-state index contributed by atoms with van der Waals surface area (Å²) < 4.78 is 0. The predicted octanol–water partition coefficient (Wildman–Crippen LogP) is 1.53. The van der Waals surface area contributed by atoms with E-state index in [0.29, 0.717) is 10.6 Å². The Morgan fingerprint density at radius 2 is 2.27 bits per heavy atom. The van der Waals surface area contributed by atoms with E-state index in [0.717, 1.165) is 12.0 Å². The molecule has 3 heteroatoms. The lowest BCUT2D eigenvalue weighted by Gasteiger charge is -1.92. The molecular weight excluding hydrogens is 140 g/mol. The highest BCUT2D eigenvalue weighted by atomic mass is 16.3. The first-order valence-corrected chi connectivity index (χ1v) is 3.55. The third-order valence-corrected chi connectivity index (χ3v) is 1.57. The zero-order chi connectivity index (χ0) is 8.27. The number of nitrogens with two attached hydrogens (primary N) is 1. The molecule has 0 aliphatic rings. The molecule has 3 nitrogen and oxygen atoms in total. The van der Waals surface area contributed by atoms with Crippen molar-refractivity contribution in [1.82, 2.24) is 0 Å². The van der Waals surface area contributed by atoms with Gasteiger partial charge >= 0.3 is 0 Å². The molecule has 0 fully saturated rings. The van der Waals surface area contributed by atoms with Gasteiger partial charge in [-0.1, -0.05) is 19.1 Å². The van der Waals surface area contributed by atoms with Crippen LogP contribution in [-0.4, -0.2) is 4.87 Å². The second-order valence-electron chi connectivity index (χ2n) is 2.35. The van der Waals surface area contributed by atoms with Crippen molar-refractivity contribution >= 4 is 5.69 Å². The van der Waals surface area contributed by atoms with Crippen LogP contribution in [0.15, 0.2) is 24.3 Å². The van der Waals surface area contributed by atoms with Crippen molar-refractivity contribution < 1.29 is 4.87 Å². The molecule has 0 aliphatic heterocycles. The van der Waals surface area contributed by atoms with E-state index >= 15 is 0 Å². The number of benzene rings is 1. The van der Waals surface area contributed by atoms with Crippen LogP contribution in [0.5, 0.6) is 0 Å². The van der Waals surface area contributed by atoms with Gasteiger partial charge in [-0.25, -0.2) is 0 Å². The lowest BCUT2D eigenvalue weighted by Crippen LogP contribution is -2.08. The van der Waals surface area contributed by atoms with Crippen molar-refractivity contribution in [1.29, 1.82) is 0 Å². The maximum Gasteiger partial charge on any atom is 0.291 e. The second-order valence-corrected chi connectivity index (χ2v) is 2.35. The van der Waals surface area contributed by atoms with Crippen molar-refractivity contribution in [2.24, 2.45) is 5.84 Å². The van der Waals surface area contributed by atoms with E-state index in [1.54, 1.807) is 12.1 Å². The van der Waals surface area contributed by atoms with Gasteiger partial charge in [-0.2, -0.15) is 5.84 Å². The van der Waals surface area contributed by atoms with Crippen LogP contribution >= 0.6 is 0 Å². The van der Waals surface area contributed by atoms with Crippen LogP contribution in [0, 0.1) is 4.91 Å². The minimum atomic E-state index is 0.374. The lowest BCUT2D eigenvalue weighted by atomic mass is 10.1. The summed E-state index contributed by atoms with van der Waals surface area (Å²) in [5, 5.41) is 0. The zero-order valence-electron chi connectivity index (χ0n) is 6.45. The molecule has 0 amide bonds. The Balaban J connectivity index is 3.01. The normalized spacial score (nSPS) is 9.55. The van der Waals surface area contributed by atoms with E-state index in [-0.39, 0.29) is 0 Å². The highest BCUT2D eigenvalue weighted by Crippen LogP contribution is 2.11. The molecule has 0 aromatic heterocycles. The molecule has 0 heterocycles. The summed E-state index contributed by atoms with van der Waals surface area (Å²) in [6.07, 6.45) is 0.918. The first-order chi connectivity index (χ1) is 5.24. The standard InChI is InChI=1S/C8H11N2O/c1-2-7-4-3-5-8(6-7)10(9)11/h3-6H,2H2,1H3,(H2,9,11)/q+1. The van der Waals surface area contributed by atoms with Crippen LogP contribution < -0.4 is 5.84 Å². The summed E-state index contributed by atoms with van der Waals surface area (Å²) in [4.78, 5) is 11.0. The Kier molecular flexibility index (Phi) is 2.21. The fraction of sp³-hybridized carbons (Fsp3) is 0.250. The molecular formula is C8H11N2O+. The topological polar surface area (TPSA) is 46.1 Å². The summed E-state index contributed by atoms with van der Waals surface area (Å²) in [5.41, 5.74) is 1.62. The summed E-state index contributed by atoms with van der Waals surface area (Å²) in [5.74, 6) is 5.02. The smallest absolute Gasteiger partial charge is 0.159 e. The van der Waals surface area contributed by atoms with Gasteiger partial charge in [-0.05, 0) is 12.0 Å². The van der Waals surface area contributed by atoms with E-state index in [1.807, 2.05) is 19.1 Å². The fourth-order valence-corrected chi connectivity index (χ4v) is 0.913. The molecule has 0 unspecified atom stereocenters. The van der Waals surface area contributed by atoms with Crippen molar-refractivity contribution in [3.63, 3.8) is 0 Å². The molecule has 0 radical (unpaired) electrons. The number of aryl methyl sites for hydroxylation is 1. The quantitative estimate of drug-likeness (QED) is 0.396. The third-order valence-electron chi connectivity index (χ3n) is 1.57. The van der Waals surface area contributed by atoms with E-state index < -0.39 is 0 Å². The Morgan fingerprint density at radius 3 is 2.82 bits per heavy atom. The number of rotatable bonds is 2. The highest BCUT2D eigenvalue weighted by Gasteiger charge is 2.06. The van der Waals surface area contributed by atoms with E-state index in [1.165, 1.54) is 0 Å². The maximum atomic E-state index is 10.6. The average molecular weight is 151 g/mol.